The molecule has 22 heavy (non-hydrogen) atoms. The molecule has 2 amide bonds. The maximum Gasteiger partial charge on any atom is 0.244 e. The normalized spacial score (nSPS) is 13.5. The SMILES string of the molecule is CC(=O)N1CC(=O)Nc2cc(SCc3ccccc3)ccc21. The van der Waals surface area contributed by atoms with Gasteiger partial charge in [-0.3, -0.25) is 9.59 Å². The lowest BCUT2D eigenvalue weighted by Crippen LogP contribution is -2.40. The second kappa shape index (κ2) is 6.23. The monoisotopic (exact) mass is 312 g/mol. The lowest BCUT2D eigenvalue weighted by atomic mass is 10.2. The summed E-state index contributed by atoms with van der Waals surface area (Å²) in [7, 11) is 0. The Kier molecular flexibility index (Phi) is 4.15. The number of anilines is 2. The van der Waals surface area contributed by atoms with E-state index in [4.69, 9.17) is 0 Å². The molecule has 0 bridgehead atoms. The van der Waals surface area contributed by atoms with Crippen molar-refractivity contribution in [2.45, 2.75) is 17.6 Å². The van der Waals surface area contributed by atoms with Crippen LogP contribution in [0.25, 0.3) is 0 Å². The maximum absolute atomic E-state index is 11.7. The van der Waals surface area contributed by atoms with E-state index in [2.05, 4.69) is 17.4 Å². The van der Waals surface area contributed by atoms with Gasteiger partial charge in [-0.05, 0) is 23.8 Å². The highest BCUT2D eigenvalue weighted by Crippen LogP contribution is 2.34. The van der Waals surface area contributed by atoms with Gasteiger partial charge in [0, 0.05) is 17.6 Å². The van der Waals surface area contributed by atoms with E-state index in [0.717, 1.165) is 16.3 Å². The van der Waals surface area contributed by atoms with Crippen molar-refractivity contribution in [2.24, 2.45) is 0 Å². The number of benzene rings is 2. The van der Waals surface area contributed by atoms with Gasteiger partial charge in [0.15, 0.2) is 0 Å². The van der Waals surface area contributed by atoms with Crippen LogP contribution in [0.3, 0.4) is 0 Å². The van der Waals surface area contributed by atoms with Crippen molar-refractivity contribution in [1.29, 1.82) is 0 Å². The highest BCUT2D eigenvalue weighted by Gasteiger charge is 2.24. The third-order valence-electron chi connectivity index (χ3n) is 3.46. The molecule has 0 unspecified atom stereocenters. The Morgan fingerprint density at radius 2 is 2.00 bits per heavy atom. The first kappa shape index (κ1) is 14.7. The molecule has 0 aliphatic carbocycles. The topological polar surface area (TPSA) is 49.4 Å². The minimum absolute atomic E-state index is 0.0822. The van der Waals surface area contributed by atoms with Crippen LogP contribution in [0.4, 0.5) is 11.4 Å². The molecule has 0 atom stereocenters. The summed E-state index contributed by atoms with van der Waals surface area (Å²) in [4.78, 5) is 25.9. The molecule has 2 aromatic rings. The molecular weight excluding hydrogens is 296 g/mol. The highest BCUT2D eigenvalue weighted by molar-refractivity contribution is 7.98. The number of thioether (sulfide) groups is 1. The molecule has 1 aliphatic rings. The summed E-state index contributed by atoms with van der Waals surface area (Å²) in [5.74, 6) is 0.581. The quantitative estimate of drug-likeness (QED) is 0.885. The van der Waals surface area contributed by atoms with Crippen molar-refractivity contribution in [2.75, 3.05) is 16.8 Å². The number of fused-ring (bicyclic) bond motifs is 1. The average Bonchev–Trinajstić information content (AvgIpc) is 2.52. The number of hydrogen-bond acceptors (Lipinski definition) is 3. The Labute approximate surface area is 133 Å². The van der Waals surface area contributed by atoms with E-state index in [-0.39, 0.29) is 18.4 Å². The van der Waals surface area contributed by atoms with Crippen molar-refractivity contribution < 1.29 is 9.59 Å². The van der Waals surface area contributed by atoms with Gasteiger partial charge in [-0.1, -0.05) is 30.3 Å². The minimum atomic E-state index is -0.159. The van der Waals surface area contributed by atoms with Gasteiger partial charge in [-0.25, -0.2) is 0 Å². The van der Waals surface area contributed by atoms with Crippen LogP contribution in [0.1, 0.15) is 12.5 Å². The first-order chi connectivity index (χ1) is 10.6. The van der Waals surface area contributed by atoms with Crippen molar-refractivity contribution in [3.05, 3.63) is 54.1 Å². The highest BCUT2D eigenvalue weighted by atomic mass is 32.2. The summed E-state index contributed by atoms with van der Waals surface area (Å²) in [5.41, 5.74) is 2.71. The van der Waals surface area contributed by atoms with Crippen LogP contribution in [-0.2, 0) is 15.3 Å². The van der Waals surface area contributed by atoms with Gasteiger partial charge in [-0.15, -0.1) is 11.8 Å². The molecule has 1 N–H and O–H groups in total. The number of rotatable bonds is 3. The van der Waals surface area contributed by atoms with E-state index in [1.54, 1.807) is 11.8 Å². The molecule has 1 aliphatic heterocycles. The predicted molar refractivity (Wildman–Crippen MR) is 89.1 cm³/mol. The Bertz CT molecular complexity index is 716. The van der Waals surface area contributed by atoms with Crippen LogP contribution in [0.2, 0.25) is 0 Å². The van der Waals surface area contributed by atoms with E-state index >= 15 is 0 Å². The Hall–Kier alpha value is -2.27. The van der Waals surface area contributed by atoms with Crippen LogP contribution in [-0.4, -0.2) is 18.4 Å². The molecule has 2 aromatic carbocycles. The summed E-state index contributed by atoms with van der Waals surface area (Å²) >= 11 is 1.70. The second-order valence-electron chi connectivity index (χ2n) is 5.11. The number of carbonyl (C=O) groups is 2. The van der Waals surface area contributed by atoms with Gasteiger partial charge in [0.25, 0.3) is 0 Å². The zero-order valence-electron chi connectivity index (χ0n) is 12.2. The molecule has 0 spiro atoms. The van der Waals surface area contributed by atoms with Crippen LogP contribution in [0.5, 0.6) is 0 Å². The largest absolute Gasteiger partial charge is 0.323 e. The summed E-state index contributed by atoms with van der Waals surface area (Å²) in [5, 5.41) is 2.84. The van der Waals surface area contributed by atoms with E-state index in [0.29, 0.717) is 5.69 Å². The van der Waals surface area contributed by atoms with Crippen LogP contribution < -0.4 is 10.2 Å². The Morgan fingerprint density at radius 1 is 1.23 bits per heavy atom. The first-order valence-electron chi connectivity index (χ1n) is 7.02. The summed E-state index contributed by atoms with van der Waals surface area (Å²) < 4.78 is 0. The fourth-order valence-electron chi connectivity index (χ4n) is 2.38. The number of amides is 2. The fourth-order valence-corrected chi connectivity index (χ4v) is 3.27. The molecule has 0 radical (unpaired) electrons. The van der Waals surface area contributed by atoms with E-state index in [1.807, 2.05) is 36.4 Å². The first-order valence-corrected chi connectivity index (χ1v) is 8.01. The second-order valence-corrected chi connectivity index (χ2v) is 6.16. The third-order valence-corrected chi connectivity index (χ3v) is 4.53. The molecule has 0 aromatic heterocycles. The molecule has 4 nitrogen and oxygen atoms in total. The summed E-state index contributed by atoms with van der Waals surface area (Å²) in [6.07, 6.45) is 0. The Morgan fingerprint density at radius 3 is 2.73 bits per heavy atom. The van der Waals surface area contributed by atoms with E-state index in [9.17, 15) is 9.59 Å². The molecular formula is C17H16N2O2S. The number of nitrogens with zero attached hydrogens (tertiary/aromatic N) is 1. The minimum Gasteiger partial charge on any atom is -0.323 e. The van der Waals surface area contributed by atoms with Crippen LogP contribution >= 0.6 is 11.8 Å². The molecule has 112 valence electrons. The van der Waals surface area contributed by atoms with Crippen molar-refractivity contribution in [3.8, 4) is 0 Å². The van der Waals surface area contributed by atoms with Gasteiger partial charge in [0.1, 0.15) is 6.54 Å². The smallest absolute Gasteiger partial charge is 0.244 e. The summed E-state index contributed by atoms with van der Waals surface area (Å²) in [6.45, 7) is 1.55. The molecule has 0 fully saturated rings. The fraction of sp³-hybridized carbons (Fsp3) is 0.176. The lowest BCUT2D eigenvalue weighted by molar-refractivity contribution is -0.120. The van der Waals surface area contributed by atoms with Gasteiger partial charge in [0.2, 0.25) is 11.8 Å². The van der Waals surface area contributed by atoms with Gasteiger partial charge in [-0.2, -0.15) is 0 Å². The summed E-state index contributed by atoms with van der Waals surface area (Å²) in [6, 6.07) is 16.0. The van der Waals surface area contributed by atoms with Gasteiger partial charge >= 0.3 is 0 Å². The van der Waals surface area contributed by atoms with Gasteiger partial charge in [0.05, 0.1) is 11.4 Å². The van der Waals surface area contributed by atoms with Crippen LogP contribution in [0, 0.1) is 0 Å². The number of nitrogens with one attached hydrogen (secondary N) is 1. The van der Waals surface area contributed by atoms with Crippen molar-refractivity contribution in [3.63, 3.8) is 0 Å². The van der Waals surface area contributed by atoms with E-state index in [1.165, 1.54) is 17.4 Å². The molecule has 3 rings (SSSR count). The molecule has 1 heterocycles. The van der Waals surface area contributed by atoms with Gasteiger partial charge < -0.3 is 10.2 Å². The zero-order chi connectivity index (χ0) is 15.5. The van der Waals surface area contributed by atoms with Crippen molar-refractivity contribution in [1.82, 2.24) is 0 Å². The zero-order valence-corrected chi connectivity index (χ0v) is 13.0. The Balaban J connectivity index is 1.80. The lowest BCUT2D eigenvalue weighted by Gasteiger charge is -2.28. The number of hydrogen-bond donors (Lipinski definition) is 1. The van der Waals surface area contributed by atoms with Crippen LogP contribution in [0.15, 0.2) is 53.4 Å². The average molecular weight is 312 g/mol. The maximum atomic E-state index is 11.7. The standard InChI is InChI=1S/C17H16N2O2S/c1-12(20)19-10-17(21)18-15-9-14(7-8-16(15)19)22-11-13-5-3-2-4-6-13/h2-9H,10-11H2,1H3,(H,18,21). The number of carbonyl (C=O) groups excluding carboxylic acids is 2. The van der Waals surface area contributed by atoms with E-state index < -0.39 is 0 Å². The third kappa shape index (κ3) is 3.14. The predicted octanol–water partition coefficient (Wildman–Crippen LogP) is 3.28. The van der Waals surface area contributed by atoms with Crippen molar-refractivity contribution >= 4 is 35.0 Å². The molecule has 5 heteroatoms. The molecule has 0 saturated carbocycles. The molecule has 0 saturated heterocycles.